The van der Waals surface area contributed by atoms with E-state index < -0.39 is 0 Å². The lowest BCUT2D eigenvalue weighted by Crippen LogP contribution is -2.44. The van der Waals surface area contributed by atoms with Gasteiger partial charge in [0.2, 0.25) is 5.82 Å². The third-order valence-corrected chi connectivity index (χ3v) is 7.64. The van der Waals surface area contributed by atoms with E-state index in [1.807, 2.05) is 12.4 Å². The van der Waals surface area contributed by atoms with Crippen LogP contribution in [0.5, 0.6) is 0 Å². The van der Waals surface area contributed by atoms with Gasteiger partial charge in [0.25, 0.3) is 0 Å². The average Bonchev–Trinajstić information content (AvgIpc) is 2.59. The fraction of sp³-hybridized carbons (Fsp3) is 0.760. The number of aromatic nitrogens is 2. The lowest BCUT2D eigenvalue weighted by Gasteiger charge is -2.42. The van der Waals surface area contributed by atoms with E-state index in [4.69, 9.17) is 0 Å². The van der Waals surface area contributed by atoms with E-state index in [2.05, 4.69) is 68.4 Å². The van der Waals surface area contributed by atoms with Crippen molar-refractivity contribution < 1.29 is 0 Å². The number of likely N-dealkylation sites (tertiary alicyclic amines) is 1. The predicted molar refractivity (Wildman–Crippen MR) is 117 cm³/mol. The van der Waals surface area contributed by atoms with E-state index in [-0.39, 0.29) is 10.8 Å². The van der Waals surface area contributed by atoms with E-state index in [1.165, 1.54) is 50.8 Å². The van der Waals surface area contributed by atoms with Crippen molar-refractivity contribution in [2.45, 2.75) is 73.1 Å². The van der Waals surface area contributed by atoms with Crippen LogP contribution >= 0.6 is 0 Å². The second-order valence-electron chi connectivity index (χ2n) is 10.6. The molecule has 0 radical (unpaired) electrons. The summed E-state index contributed by atoms with van der Waals surface area (Å²) < 4.78 is 0. The molecule has 0 bridgehead atoms. The first kappa shape index (κ1) is 21.3. The van der Waals surface area contributed by atoms with Crippen LogP contribution < -0.4 is 0 Å². The molecule has 2 aliphatic rings. The van der Waals surface area contributed by atoms with Gasteiger partial charge in [0.15, 0.2) is 0 Å². The zero-order valence-corrected chi connectivity index (χ0v) is 18.9. The summed E-state index contributed by atoms with van der Waals surface area (Å²) in [5.41, 5.74) is 1.37. The molecule has 2 fully saturated rings. The summed E-state index contributed by atoms with van der Waals surface area (Å²) in [4.78, 5) is 11.5. The molecule has 2 heterocycles. The lowest BCUT2D eigenvalue weighted by molar-refractivity contribution is 0.0886. The molecule has 1 aliphatic carbocycles. The van der Waals surface area contributed by atoms with Crippen molar-refractivity contribution in [2.75, 3.05) is 20.1 Å². The van der Waals surface area contributed by atoms with E-state index >= 15 is 0 Å². The van der Waals surface area contributed by atoms with Crippen LogP contribution in [0.3, 0.4) is 0 Å². The maximum Gasteiger partial charge on any atom is 0.204 e. The van der Waals surface area contributed by atoms with Crippen LogP contribution in [0.25, 0.3) is 0 Å². The Morgan fingerprint density at radius 3 is 2.25 bits per heavy atom. The Bertz CT molecular complexity index is 696. The molecule has 0 aromatic carbocycles. The van der Waals surface area contributed by atoms with Gasteiger partial charge < -0.3 is 4.90 Å². The average molecular weight is 382 g/mol. The fourth-order valence-corrected chi connectivity index (χ4v) is 4.50. The topological polar surface area (TPSA) is 29.0 Å². The maximum atomic E-state index is 4.53. The number of hydrogen-bond donors (Lipinski definition) is 0. The molecule has 1 aromatic heterocycles. The fourth-order valence-electron chi connectivity index (χ4n) is 4.50. The molecular formula is C25H39N3. The summed E-state index contributed by atoms with van der Waals surface area (Å²) in [6, 6.07) is 0. The van der Waals surface area contributed by atoms with E-state index in [0.29, 0.717) is 5.82 Å². The van der Waals surface area contributed by atoms with Crippen LogP contribution in [0.2, 0.25) is 0 Å². The SMILES string of the molecule is CCC1CC(Cc2cnc(C#CC(C)(C)C(C)(C)CCC3CN(C)C3)nc2)C1. The maximum absolute atomic E-state index is 4.53. The molecule has 0 unspecified atom stereocenters. The summed E-state index contributed by atoms with van der Waals surface area (Å²) in [5.74, 6) is 10.1. The first-order valence-electron chi connectivity index (χ1n) is 11.2. The molecule has 154 valence electrons. The molecule has 1 saturated heterocycles. The summed E-state index contributed by atoms with van der Waals surface area (Å²) in [7, 11) is 2.20. The van der Waals surface area contributed by atoms with Crippen molar-refractivity contribution in [3.05, 3.63) is 23.8 Å². The van der Waals surface area contributed by atoms with Gasteiger partial charge in [-0.05, 0) is 87.7 Å². The molecule has 0 spiro atoms. The second kappa shape index (κ2) is 8.54. The smallest absolute Gasteiger partial charge is 0.204 e. The van der Waals surface area contributed by atoms with Crippen LogP contribution in [0.15, 0.2) is 12.4 Å². The molecule has 3 heteroatoms. The zero-order valence-electron chi connectivity index (χ0n) is 18.9. The number of rotatable bonds is 7. The van der Waals surface area contributed by atoms with Crippen molar-refractivity contribution in [2.24, 2.45) is 28.6 Å². The van der Waals surface area contributed by atoms with Crippen LogP contribution in [0, 0.1) is 40.4 Å². The standard InChI is InChI=1S/C25H39N3/c1-7-19-12-21(13-19)14-22-15-26-23(27-16-22)9-11-25(4,5)24(2,3)10-8-20-17-28(6)18-20/h15-16,19-21H,7-8,10,12-14,17-18H2,1-6H3. The van der Waals surface area contributed by atoms with Gasteiger partial charge in [-0.1, -0.05) is 33.1 Å². The predicted octanol–water partition coefficient (Wildman–Crippen LogP) is 5.20. The highest BCUT2D eigenvalue weighted by Gasteiger charge is 2.37. The van der Waals surface area contributed by atoms with Crippen molar-refractivity contribution in [1.29, 1.82) is 0 Å². The highest BCUT2D eigenvalue weighted by atomic mass is 15.2. The van der Waals surface area contributed by atoms with Crippen molar-refractivity contribution >= 4 is 0 Å². The van der Waals surface area contributed by atoms with Crippen molar-refractivity contribution in [1.82, 2.24) is 14.9 Å². The molecule has 0 atom stereocenters. The summed E-state index contributed by atoms with van der Waals surface area (Å²) in [6.45, 7) is 14.0. The van der Waals surface area contributed by atoms with Gasteiger partial charge >= 0.3 is 0 Å². The van der Waals surface area contributed by atoms with Gasteiger partial charge in [0, 0.05) is 30.9 Å². The summed E-state index contributed by atoms with van der Waals surface area (Å²) in [5, 5.41) is 0. The molecule has 0 amide bonds. The minimum absolute atomic E-state index is 0.0637. The van der Waals surface area contributed by atoms with Gasteiger partial charge in [-0.3, -0.25) is 0 Å². The second-order valence-corrected chi connectivity index (χ2v) is 10.6. The van der Waals surface area contributed by atoms with Crippen LogP contribution in [-0.4, -0.2) is 35.0 Å². The van der Waals surface area contributed by atoms with Crippen LogP contribution in [0.4, 0.5) is 0 Å². The lowest BCUT2D eigenvalue weighted by atomic mass is 9.65. The normalized spacial score (nSPS) is 23.5. The van der Waals surface area contributed by atoms with Gasteiger partial charge in [-0.2, -0.15) is 0 Å². The Kier molecular flexibility index (Phi) is 6.50. The number of nitrogens with zero attached hydrogens (tertiary/aromatic N) is 3. The minimum atomic E-state index is -0.0637. The van der Waals surface area contributed by atoms with Gasteiger partial charge in [-0.25, -0.2) is 9.97 Å². The Labute approximate surface area is 172 Å². The third-order valence-electron chi connectivity index (χ3n) is 7.64. The van der Waals surface area contributed by atoms with Crippen LogP contribution in [-0.2, 0) is 6.42 Å². The monoisotopic (exact) mass is 381 g/mol. The Morgan fingerprint density at radius 2 is 1.68 bits per heavy atom. The summed E-state index contributed by atoms with van der Waals surface area (Å²) in [6.07, 6.45) is 11.7. The largest absolute Gasteiger partial charge is 0.306 e. The summed E-state index contributed by atoms with van der Waals surface area (Å²) >= 11 is 0. The molecule has 1 saturated carbocycles. The number of hydrogen-bond acceptors (Lipinski definition) is 3. The first-order valence-corrected chi connectivity index (χ1v) is 11.2. The highest BCUT2D eigenvalue weighted by Crippen LogP contribution is 2.43. The Balaban J connectivity index is 1.53. The first-order chi connectivity index (χ1) is 13.2. The van der Waals surface area contributed by atoms with Gasteiger partial charge in [0.1, 0.15) is 0 Å². The molecular weight excluding hydrogens is 342 g/mol. The van der Waals surface area contributed by atoms with Crippen LogP contribution in [0.1, 0.15) is 78.1 Å². The third kappa shape index (κ3) is 5.15. The van der Waals surface area contributed by atoms with E-state index in [1.54, 1.807) is 0 Å². The molecule has 28 heavy (non-hydrogen) atoms. The molecule has 0 N–H and O–H groups in total. The van der Waals surface area contributed by atoms with Gasteiger partial charge in [0.05, 0.1) is 0 Å². The van der Waals surface area contributed by atoms with Crippen molar-refractivity contribution in [3.8, 4) is 11.8 Å². The van der Waals surface area contributed by atoms with E-state index in [9.17, 15) is 0 Å². The van der Waals surface area contributed by atoms with Gasteiger partial charge in [-0.15, -0.1) is 0 Å². The molecule has 1 aliphatic heterocycles. The quantitative estimate of drug-likeness (QED) is 0.608. The molecule has 1 aromatic rings. The Hall–Kier alpha value is -1.40. The van der Waals surface area contributed by atoms with E-state index in [0.717, 1.165) is 24.2 Å². The molecule has 3 rings (SSSR count). The zero-order chi connectivity index (χ0) is 20.4. The molecule has 3 nitrogen and oxygen atoms in total. The Morgan fingerprint density at radius 1 is 1.04 bits per heavy atom. The van der Waals surface area contributed by atoms with Crippen molar-refractivity contribution in [3.63, 3.8) is 0 Å². The minimum Gasteiger partial charge on any atom is -0.306 e. The highest BCUT2D eigenvalue weighted by molar-refractivity contribution is 5.26.